The topological polar surface area (TPSA) is 61.1 Å². The lowest BCUT2D eigenvalue weighted by atomic mass is 10.1. The van der Waals surface area contributed by atoms with Gasteiger partial charge in [-0.2, -0.15) is 0 Å². The van der Waals surface area contributed by atoms with Gasteiger partial charge in [0.25, 0.3) is 0 Å². The molecule has 4 aromatic rings. The summed E-state index contributed by atoms with van der Waals surface area (Å²) < 4.78 is 17.8. The standard InChI is InChI=1S/C17H14FN5/c1-11-14(18)7-13(19)8-15(11)22-6-4-17-21-10-16(23(17)22)12-3-2-5-20-9-12/h2-10H,19H2,1H3. The molecule has 0 spiro atoms. The first-order valence-corrected chi connectivity index (χ1v) is 7.16. The molecule has 3 heterocycles. The number of hydrogen-bond acceptors (Lipinski definition) is 3. The van der Waals surface area contributed by atoms with Crippen molar-refractivity contribution < 1.29 is 4.39 Å². The number of pyridine rings is 1. The van der Waals surface area contributed by atoms with E-state index in [0.29, 0.717) is 16.9 Å². The number of nitrogens with two attached hydrogens (primary N) is 1. The van der Waals surface area contributed by atoms with Crippen molar-refractivity contribution >= 4 is 11.3 Å². The summed E-state index contributed by atoms with van der Waals surface area (Å²) in [6, 6.07) is 8.79. The minimum absolute atomic E-state index is 0.329. The molecule has 0 aliphatic carbocycles. The number of nitrogen functional groups attached to an aromatic ring is 1. The SMILES string of the molecule is Cc1c(F)cc(N)cc1-n1ccc2ncc(-c3cccnc3)n21. The van der Waals surface area contributed by atoms with Gasteiger partial charge in [0.15, 0.2) is 5.65 Å². The van der Waals surface area contributed by atoms with E-state index in [9.17, 15) is 4.39 Å². The van der Waals surface area contributed by atoms with Gasteiger partial charge in [-0.05, 0) is 31.2 Å². The molecule has 0 atom stereocenters. The molecule has 1 aromatic carbocycles. The molecule has 0 aliphatic heterocycles. The summed E-state index contributed by atoms with van der Waals surface area (Å²) in [5, 5.41) is 0. The van der Waals surface area contributed by atoms with Gasteiger partial charge in [0.2, 0.25) is 0 Å². The Labute approximate surface area is 131 Å². The summed E-state index contributed by atoms with van der Waals surface area (Å²) in [5.41, 5.74) is 9.99. The minimum Gasteiger partial charge on any atom is -0.399 e. The lowest BCUT2D eigenvalue weighted by molar-refractivity contribution is 0.615. The predicted molar refractivity (Wildman–Crippen MR) is 86.9 cm³/mol. The Balaban J connectivity index is 2.01. The van der Waals surface area contributed by atoms with E-state index in [-0.39, 0.29) is 5.82 Å². The summed E-state index contributed by atoms with van der Waals surface area (Å²) in [6.07, 6.45) is 7.12. The fraction of sp³-hybridized carbons (Fsp3) is 0.0588. The molecule has 0 unspecified atom stereocenters. The van der Waals surface area contributed by atoms with E-state index in [2.05, 4.69) is 9.97 Å². The van der Waals surface area contributed by atoms with Gasteiger partial charge < -0.3 is 5.73 Å². The van der Waals surface area contributed by atoms with Crippen LogP contribution in [0.3, 0.4) is 0 Å². The Morgan fingerprint density at radius 1 is 1.17 bits per heavy atom. The van der Waals surface area contributed by atoms with Gasteiger partial charge in [0, 0.05) is 41.5 Å². The van der Waals surface area contributed by atoms with Crippen molar-refractivity contribution in [1.29, 1.82) is 0 Å². The van der Waals surface area contributed by atoms with Gasteiger partial charge >= 0.3 is 0 Å². The molecule has 0 saturated carbocycles. The van der Waals surface area contributed by atoms with Crippen LogP contribution in [-0.4, -0.2) is 19.2 Å². The predicted octanol–water partition coefficient (Wildman–Crippen LogP) is 3.22. The summed E-state index contributed by atoms with van der Waals surface area (Å²) in [5.74, 6) is -0.329. The lowest BCUT2D eigenvalue weighted by Gasteiger charge is -2.13. The van der Waals surface area contributed by atoms with Crippen LogP contribution < -0.4 is 5.73 Å². The third kappa shape index (κ3) is 2.07. The van der Waals surface area contributed by atoms with Crippen LogP contribution in [-0.2, 0) is 0 Å². The molecule has 23 heavy (non-hydrogen) atoms. The van der Waals surface area contributed by atoms with Crippen LogP contribution in [0.5, 0.6) is 0 Å². The van der Waals surface area contributed by atoms with Gasteiger partial charge in [0.1, 0.15) is 5.82 Å². The number of fused-ring (bicyclic) bond motifs is 1. The molecule has 0 aliphatic rings. The molecule has 0 bridgehead atoms. The molecule has 0 fully saturated rings. The van der Waals surface area contributed by atoms with Crippen LogP contribution in [0.25, 0.3) is 22.6 Å². The number of rotatable bonds is 2. The molecule has 0 radical (unpaired) electrons. The van der Waals surface area contributed by atoms with Gasteiger partial charge in [-0.3, -0.25) is 9.67 Å². The summed E-state index contributed by atoms with van der Waals surface area (Å²) >= 11 is 0. The van der Waals surface area contributed by atoms with Crippen molar-refractivity contribution in [3.05, 3.63) is 66.5 Å². The number of aromatic nitrogens is 4. The summed E-state index contributed by atoms with van der Waals surface area (Å²) in [6.45, 7) is 1.73. The van der Waals surface area contributed by atoms with Crippen LogP contribution in [0.15, 0.2) is 55.1 Å². The zero-order chi connectivity index (χ0) is 16.0. The van der Waals surface area contributed by atoms with Crippen molar-refractivity contribution in [2.24, 2.45) is 0 Å². The summed E-state index contributed by atoms with van der Waals surface area (Å²) in [7, 11) is 0. The van der Waals surface area contributed by atoms with Crippen molar-refractivity contribution in [2.45, 2.75) is 6.92 Å². The van der Waals surface area contributed by atoms with E-state index >= 15 is 0 Å². The van der Waals surface area contributed by atoms with Crippen LogP contribution in [0.4, 0.5) is 10.1 Å². The van der Waals surface area contributed by atoms with Crippen molar-refractivity contribution in [1.82, 2.24) is 19.2 Å². The molecular formula is C17H14FN5. The van der Waals surface area contributed by atoms with Crippen molar-refractivity contribution in [3.63, 3.8) is 0 Å². The molecule has 0 amide bonds. The first-order chi connectivity index (χ1) is 11.1. The average Bonchev–Trinajstić information content (AvgIpc) is 3.13. The third-order valence-corrected chi connectivity index (χ3v) is 3.89. The largest absolute Gasteiger partial charge is 0.399 e. The zero-order valence-electron chi connectivity index (χ0n) is 12.4. The Hall–Kier alpha value is -3.15. The third-order valence-electron chi connectivity index (χ3n) is 3.89. The van der Waals surface area contributed by atoms with E-state index in [4.69, 9.17) is 5.73 Å². The van der Waals surface area contributed by atoms with E-state index in [1.165, 1.54) is 6.07 Å². The maximum Gasteiger partial charge on any atom is 0.154 e. The lowest BCUT2D eigenvalue weighted by Crippen LogP contribution is -2.07. The highest BCUT2D eigenvalue weighted by atomic mass is 19.1. The highest BCUT2D eigenvalue weighted by molar-refractivity contribution is 5.63. The Morgan fingerprint density at radius 3 is 2.83 bits per heavy atom. The Kier molecular flexibility index (Phi) is 2.90. The molecule has 4 rings (SSSR count). The Morgan fingerprint density at radius 2 is 2.04 bits per heavy atom. The van der Waals surface area contributed by atoms with E-state index in [1.54, 1.807) is 31.6 Å². The maximum atomic E-state index is 14.1. The highest BCUT2D eigenvalue weighted by Gasteiger charge is 2.14. The van der Waals surface area contributed by atoms with Gasteiger partial charge in [0.05, 0.1) is 17.6 Å². The van der Waals surface area contributed by atoms with E-state index in [0.717, 1.165) is 16.9 Å². The van der Waals surface area contributed by atoms with Crippen LogP contribution >= 0.6 is 0 Å². The molecule has 6 heteroatoms. The van der Waals surface area contributed by atoms with E-state index < -0.39 is 0 Å². The highest BCUT2D eigenvalue weighted by Crippen LogP contribution is 2.26. The van der Waals surface area contributed by atoms with Gasteiger partial charge in [-0.1, -0.05) is 0 Å². The second-order valence-corrected chi connectivity index (χ2v) is 5.36. The minimum atomic E-state index is -0.329. The quantitative estimate of drug-likeness (QED) is 0.578. The second-order valence-electron chi connectivity index (χ2n) is 5.36. The first kappa shape index (κ1) is 13.5. The molecule has 114 valence electrons. The van der Waals surface area contributed by atoms with Gasteiger partial charge in [-0.25, -0.2) is 13.9 Å². The number of hydrogen-bond donors (Lipinski definition) is 1. The molecule has 5 nitrogen and oxygen atoms in total. The zero-order valence-corrected chi connectivity index (χ0v) is 12.4. The number of halogens is 1. The monoisotopic (exact) mass is 307 g/mol. The summed E-state index contributed by atoms with van der Waals surface area (Å²) in [4.78, 5) is 8.55. The molecular weight excluding hydrogens is 293 g/mol. The van der Waals surface area contributed by atoms with Gasteiger partial charge in [-0.15, -0.1) is 0 Å². The normalized spacial score (nSPS) is 11.2. The van der Waals surface area contributed by atoms with Crippen LogP contribution in [0, 0.1) is 12.7 Å². The number of nitrogens with zero attached hydrogens (tertiary/aromatic N) is 4. The van der Waals surface area contributed by atoms with Crippen LogP contribution in [0.2, 0.25) is 0 Å². The first-order valence-electron chi connectivity index (χ1n) is 7.16. The fourth-order valence-corrected chi connectivity index (χ4v) is 2.73. The molecule has 0 saturated heterocycles. The smallest absolute Gasteiger partial charge is 0.154 e. The number of benzene rings is 1. The fourth-order valence-electron chi connectivity index (χ4n) is 2.73. The Bertz CT molecular complexity index is 1000. The maximum absolute atomic E-state index is 14.1. The number of imidazole rings is 1. The average molecular weight is 307 g/mol. The van der Waals surface area contributed by atoms with Crippen LogP contribution in [0.1, 0.15) is 5.56 Å². The van der Waals surface area contributed by atoms with Crippen molar-refractivity contribution in [3.8, 4) is 16.9 Å². The van der Waals surface area contributed by atoms with E-state index in [1.807, 2.05) is 33.6 Å². The second kappa shape index (κ2) is 4.95. The number of anilines is 1. The molecule has 2 N–H and O–H groups in total. The van der Waals surface area contributed by atoms with Crippen molar-refractivity contribution in [2.75, 3.05) is 5.73 Å². The molecule has 3 aromatic heterocycles.